The van der Waals surface area contributed by atoms with E-state index in [0.29, 0.717) is 56.4 Å². The number of fused-ring (bicyclic) bond motifs is 2. The van der Waals surface area contributed by atoms with E-state index in [1.165, 1.54) is 0 Å². The van der Waals surface area contributed by atoms with E-state index in [-0.39, 0.29) is 52.8 Å². The first-order valence-electron chi connectivity index (χ1n) is 20.4. The molecule has 2 aliphatic rings. The van der Waals surface area contributed by atoms with Gasteiger partial charge in [0.1, 0.15) is 18.3 Å². The fourth-order valence-electron chi connectivity index (χ4n) is 7.86. The van der Waals surface area contributed by atoms with Crippen LogP contribution in [-0.2, 0) is 43.4 Å². The monoisotopic (exact) mass is 800 g/mol. The second kappa shape index (κ2) is 17.4. The Balaban J connectivity index is 0.000000204. The van der Waals surface area contributed by atoms with Crippen LogP contribution >= 0.6 is 0 Å². The minimum absolute atomic E-state index is 0.00290. The molecule has 0 spiro atoms. The summed E-state index contributed by atoms with van der Waals surface area (Å²) in [6.07, 6.45) is 1.03. The van der Waals surface area contributed by atoms with Crippen LogP contribution in [0.4, 0.5) is 0 Å². The third-order valence-corrected chi connectivity index (χ3v) is 11.3. The van der Waals surface area contributed by atoms with Crippen LogP contribution in [0.2, 0.25) is 0 Å². The first-order chi connectivity index (χ1) is 28.0. The summed E-state index contributed by atoms with van der Waals surface area (Å²) in [6, 6.07) is 29.8. The summed E-state index contributed by atoms with van der Waals surface area (Å²) >= 11 is 0. The van der Waals surface area contributed by atoms with Crippen LogP contribution in [0.25, 0.3) is 0 Å². The van der Waals surface area contributed by atoms with Crippen molar-refractivity contribution < 1.29 is 19.4 Å². The van der Waals surface area contributed by atoms with Gasteiger partial charge in [-0.25, -0.2) is 0 Å². The van der Waals surface area contributed by atoms with Gasteiger partial charge in [0.2, 0.25) is 11.5 Å². The number of nitrogens with zero attached hydrogens (tertiary/aromatic N) is 6. The van der Waals surface area contributed by atoms with E-state index in [0.717, 1.165) is 16.7 Å². The number of aromatic nitrogens is 4. The van der Waals surface area contributed by atoms with Crippen molar-refractivity contribution >= 4 is 11.8 Å². The molecule has 2 amide bonds. The van der Waals surface area contributed by atoms with Crippen molar-refractivity contribution in [3.63, 3.8) is 0 Å². The molecular formula is C47H56N6O6. The molecule has 2 aliphatic heterocycles. The van der Waals surface area contributed by atoms with Gasteiger partial charge in [-0.05, 0) is 55.2 Å². The van der Waals surface area contributed by atoms with E-state index in [1.54, 1.807) is 14.4 Å². The Morgan fingerprint density at radius 1 is 0.593 bits per heavy atom. The molecule has 4 heterocycles. The molecule has 5 aromatic rings. The maximum Gasteiger partial charge on any atom is 0.316 e. The van der Waals surface area contributed by atoms with Crippen molar-refractivity contribution in [2.75, 3.05) is 13.1 Å². The summed E-state index contributed by atoms with van der Waals surface area (Å²) in [5.41, 5.74) is 1.82. The quantitative estimate of drug-likeness (QED) is 0.159. The Bertz CT molecular complexity index is 2410. The molecule has 0 saturated carbocycles. The molecule has 12 nitrogen and oxygen atoms in total. The van der Waals surface area contributed by atoms with E-state index in [2.05, 4.69) is 49.8 Å². The van der Waals surface area contributed by atoms with E-state index in [9.17, 15) is 24.3 Å². The smallest absolute Gasteiger partial charge is 0.316 e. The van der Waals surface area contributed by atoms with Gasteiger partial charge in [-0.1, -0.05) is 119 Å². The third-order valence-electron chi connectivity index (χ3n) is 11.3. The summed E-state index contributed by atoms with van der Waals surface area (Å²) < 4.78 is 9.55. The molecule has 1 N–H and O–H groups in total. The largest absolute Gasteiger partial charge is 0.501 e. The van der Waals surface area contributed by atoms with Crippen molar-refractivity contribution in [2.24, 2.45) is 0 Å². The van der Waals surface area contributed by atoms with Gasteiger partial charge in [-0.15, -0.1) is 0 Å². The molecule has 0 bridgehead atoms. The number of amides is 2. The van der Waals surface area contributed by atoms with Gasteiger partial charge in [0.25, 0.3) is 11.8 Å². The van der Waals surface area contributed by atoms with Crippen molar-refractivity contribution in [2.45, 2.75) is 111 Å². The highest BCUT2D eigenvalue weighted by atomic mass is 16.5. The molecule has 59 heavy (non-hydrogen) atoms. The minimum atomic E-state index is -0.742. The number of carbonyl (C=O) groups is 2. The Morgan fingerprint density at radius 3 is 1.46 bits per heavy atom. The van der Waals surface area contributed by atoms with E-state index in [1.807, 2.05) is 111 Å². The number of rotatable bonds is 11. The molecule has 3 aromatic carbocycles. The highest BCUT2D eigenvalue weighted by molar-refractivity contribution is 5.96. The first-order valence-corrected chi connectivity index (χ1v) is 20.4. The lowest BCUT2D eigenvalue weighted by molar-refractivity contribution is 0.0626. The zero-order chi connectivity index (χ0) is 42.6. The standard InChI is InChI=1S/C27H31N3O3.C20H25N3O3/c1-19(2)29-15-16-30-22(17-27(3,4)21-13-9-6-10-14-21)28-25(31)24(23(30)26(29)32)33-18-20-11-7-5-8-12-20;1-13(2)22-10-11-23-15(21-18(25)17(24)16(23)19(22)26)12-20(3,4)14-8-6-5-7-9-14/h5-14,19H,15-18H2,1-4H3;5-9,13,24H,10-12H2,1-4H3. The van der Waals surface area contributed by atoms with Crippen LogP contribution in [0.1, 0.15) is 105 Å². The topological polar surface area (TPSA) is 140 Å². The third kappa shape index (κ3) is 9.16. The van der Waals surface area contributed by atoms with E-state index < -0.39 is 16.9 Å². The Kier molecular flexibility index (Phi) is 12.6. The molecule has 0 aliphatic carbocycles. The Hall–Kier alpha value is -6.04. The van der Waals surface area contributed by atoms with E-state index in [4.69, 9.17) is 4.74 Å². The summed E-state index contributed by atoms with van der Waals surface area (Å²) in [7, 11) is 0. The van der Waals surface area contributed by atoms with Gasteiger partial charge in [-0.3, -0.25) is 19.2 Å². The average Bonchev–Trinajstić information content (AvgIpc) is 3.20. The number of hydrogen-bond acceptors (Lipinski definition) is 8. The second-order valence-corrected chi connectivity index (χ2v) is 17.2. The lowest BCUT2D eigenvalue weighted by Gasteiger charge is -2.35. The summed E-state index contributed by atoms with van der Waals surface area (Å²) in [5.74, 6) is 0.137. The highest BCUT2D eigenvalue weighted by Crippen LogP contribution is 2.31. The summed E-state index contributed by atoms with van der Waals surface area (Å²) in [4.78, 5) is 63.6. The van der Waals surface area contributed by atoms with Crippen molar-refractivity contribution in [1.29, 1.82) is 0 Å². The molecular weight excluding hydrogens is 745 g/mol. The number of carbonyl (C=O) groups excluding carboxylic acids is 2. The predicted molar refractivity (Wildman–Crippen MR) is 228 cm³/mol. The Labute approximate surface area is 346 Å². The van der Waals surface area contributed by atoms with Crippen LogP contribution in [-0.4, -0.2) is 71.0 Å². The van der Waals surface area contributed by atoms with E-state index >= 15 is 0 Å². The second-order valence-electron chi connectivity index (χ2n) is 17.2. The molecule has 0 fully saturated rings. The number of hydrogen-bond donors (Lipinski definition) is 1. The normalized spacial score (nSPS) is 14.2. The number of aromatic hydroxyl groups is 1. The summed E-state index contributed by atoms with van der Waals surface area (Å²) in [5, 5.41) is 10.2. The molecule has 310 valence electrons. The fourth-order valence-corrected chi connectivity index (χ4v) is 7.86. The highest BCUT2D eigenvalue weighted by Gasteiger charge is 2.36. The fraction of sp³-hybridized carbons (Fsp3) is 0.404. The van der Waals surface area contributed by atoms with Gasteiger partial charge in [0.05, 0.1) is 0 Å². The first kappa shape index (κ1) is 42.6. The molecule has 0 unspecified atom stereocenters. The van der Waals surface area contributed by atoms with Gasteiger partial charge in [0, 0.05) is 51.1 Å². The van der Waals surface area contributed by atoms with Crippen LogP contribution < -0.4 is 15.9 Å². The van der Waals surface area contributed by atoms with Crippen molar-refractivity contribution in [1.82, 2.24) is 28.9 Å². The zero-order valence-electron chi connectivity index (χ0n) is 35.4. The molecule has 0 radical (unpaired) electrons. The molecule has 7 rings (SSSR count). The summed E-state index contributed by atoms with van der Waals surface area (Å²) in [6.45, 7) is 18.6. The maximum absolute atomic E-state index is 13.5. The molecule has 12 heteroatoms. The molecule has 2 aromatic heterocycles. The van der Waals surface area contributed by atoms with Crippen LogP contribution in [0.5, 0.6) is 11.5 Å². The lowest BCUT2D eigenvalue weighted by Crippen LogP contribution is -2.47. The van der Waals surface area contributed by atoms with Crippen LogP contribution in [0, 0.1) is 0 Å². The number of ether oxygens (including phenoxy) is 1. The average molecular weight is 801 g/mol. The molecule has 0 atom stereocenters. The zero-order valence-corrected chi connectivity index (χ0v) is 35.4. The predicted octanol–water partition coefficient (Wildman–Crippen LogP) is 6.54. The Morgan fingerprint density at radius 2 is 1.00 bits per heavy atom. The lowest BCUT2D eigenvalue weighted by atomic mass is 9.81. The molecule has 0 saturated heterocycles. The minimum Gasteiger partial charge on any atom is -0.501 e. The van der Waals surface area contributed by atoms with Gasteiger partial charge >= 0.3 is 11.1 Å². The number of benzene rings is 3. The maximum atomic E-state index is 13.5. The van der Waals surface area contributed by atoms with Crippen LogP contribution in [0.15, 0.2) is 101 Å². The van der Waals surface area contributed by atoms with Crippen molar-refractivity contribution in [3.8, 4) is 11.5 Å². The SMILES string of the molecule is CC(C)N1CCn2c(CC(C)(C)c3ccccc3)nc(=O)c(O)c2C1=O.CC(C)N1CCn2c(CC(C)(C)c3ccccc3)nc(=O)c(OCc3ccccc3)c2C1=O. The van der Waals surface area contributed by atoms with Gasteiger partial charge in [-0.2, -0.15) is 9.97 Å². The van der Waals surface area contributed by atoms with Gasteiger partial charge < -0.3 is 28.8 Å². The van der Waals surface area contributed by atoms with Gasteiger partial charge in [0.15, 0.2) is 11.4 Å². The van der Waals surface area contributed by atoms with Crippen molar-refractivity contribution in [3.05, 3.63) is 151 Å². The van der Waals surface area contributed by atoms with Crippen LogP contribution in [0.3, 0.4) is 0 Å².